The average molecular weight is 354 g/mol. The molecule has 6 nitrogen and oxygen atoms in total. The van der Waals surface area contributed by atoms with Crippen LogP contribution in [0.1, 0.15) is 23.2 Å². The third kappa shape index (κ3) is 3.41. The van der Waals surface area contributed by atoms with Gasteiger partial charge >= 0.3 is 0 Å². The number of hydrogen-bond donors (Lipinski definition) is 1. The summed E-state index contributed by atoms with van der Waals surface area (Å²) in [5.74, 6) is 0.445. The van der Waals surface area contributed by atoms with Crippen LogP contribution in [0.5, 0.6) is 11.5 Å². The fourth-order valence-corrected chi connectivity index (χ4v) is 3.36. The Bertz CT molecular complexity index is 793. The van der Waals surface area contributed by atoms with E-state index in [-0.39, 0.29) is 12.5 Å². The van der Waals surface area contributed by atoms with E-state index < -0.39 is 11.4 Å². The second kappa shape index (κ2) is 7.58. The number of amides is 2. The second-order valence-electron chi connectivity index (χ2n) is 6.33. The molecule has 1 heterocycles. The first-order valence-corrected chi connectivity index (χ1v) is 8.50. The molecule has 2 aromatic rings. The van der Waals surface area contributed by atoms with Crippen molar-refractivity contribution in [2.75, 3.05) is 20.3 Å². The minimum Gasteiger partial charge on any atom is -0.457 e. The van der Waals surface area contributed by atoms with Crippen LogP contribution < -0.4 is 10.5 Å². The van der Waals surface area contributed by atoms with Gasteiger partial charge in [-0.25, -0.2) is 0 Å². The number of ether oxygens (including phenoxy) is 2. The summed E-state index contributed by atoms with van der Waals surface area (Å²) in [6.07, 6.45) is 1.21. The molecule has 0 spiro atoms. The summed E-state index contributed by atoms with van der Waals surface area (Å²) in [7, 11) is 1.50. The minimum atomic E-state index is -1.10. The summed E-state index contributed by atoms with van der Waals surface area (Å²) in [5, 5.41) is 0. The first-order chi connectivity index (χ1) is 12.6. The Balaban J connectivity index is 1.85. The molecule has 0 aliphatic carbocycles. The molecular formula is C20H22N2O4. The van der Waals surface area contributed by atoms with Gasteiger partial charge in [0.2, 0.25) is 5.91 Å². The van der Waals surface area contributed by atoms with Crippen LogP contribution in [0.2, 0.25) is 0 Å². The number of carbonyl (C=O) groups is 2. The number of likely N-dealkylation sites (tertiary alicyclic amines) is 1. The molecular weight excluding hydrogens is 332 g/mol. The lowest BCUT2D eigenvalue weighted by Gasteiger charge is -2.35. The van der Waals surface area contributed by atoms with Gasteiger partial charge in [-0.1, -0.05) is 24.3 Å². The molecule has 1 unspecified atom stereocenters. The SMILES string of the molecule is COCC1(C(N)=O)CCCN1C(=O)c1cccc(Oc2ccccc2)c1. The zero-order valence-corrected chi connectivity index (χ0v) is 14.7. The van der Waals surface area contributed by atoms with Crippen molar-refractivity contribution in [3.05, 3.63) is 60.2 Å². The van der Waals surface area contributed by atoms with Crippen LogP contribution in [0.25, 0.3) is 0 Å². The van der Waals surface area contributed by atoms with E-state index in [4.69, 9.17) is 15.2 Å². The standard InChI is InChI=1S/C20H22N2O4/c1-25-14-20(19(21)24)11-6-12-22(20)18(23)15-7-5-10-17(13-15)26-16-8-3-2-4-9-16/h2-5,7-10,13H,6,11-12,14H2,1H3,(H2,21,24). The van der Waals surface area contributed by atoms with E-state index in [0.717, 1.165) is 0 Å². The lowest BCUT2D eigenvalue weighted by molar-refractivity contribution is -0.130. The molecule has 1 saturated heterocycles. The highest BCUT2D eigenvalue weighted by molar-refractivity contribution is 5.99. The molecule has 0 aromatic heterocycles. The van der Waals surface area contributed by atoms with Gasteiger partial charge in [-0.05, 0) is 43.2 Å². The Labute approximate surface area is 152 Å². The van der Waals surface area contributed by atoms with E-state index >= 15 is 0 Å². The molecule has 1 atom stereocenters. The molecule has 2 aromatic carbocycles. The molecule has 3 rings (SSSR count). The molecule has 1 aliphatic rings. The Morgan fingerprint density at radius 2 is 1.85 bits per heavy atom. The highest BCUT2D eigenvalue weighted by atomic mass is 16.5. The monoisotopic (exact) mass is 354 g/mol. The zero-order chi connectivity index (χ0) is 18.6. The van der Waals surface area contributed by atoms with Gasteiger partial charge in [0.15, 0.2) is 0 Å². The number of benzene rings is 2. The van der Waals surface area contributed by atoms with Gasteiger partial charge in [0.25, 0.3) is 5.91 Å². The molecule has 2 amide bonds. The van der Waals surface area contributed by atoms with Crippen molar-refractivity contribution in [2.45, 2.75) is 18.4 Å². The number of primary amides is 1. The lowest BCUT2D eigenvalue weighted by atomic mass is 9.95. The van der Waals surface area contributed by atoms with Crippen LogP contribution in [0, 0.1) is 0 Å². The smallest absolute Gasteiger partial charge is 0.254 e. The third-order valence-corrected chi connectivity index (χ3v) is 4.64. The van der Waals surface area contributed by atoms with Gasteiger partial charge in [0, 0.05) is 19.2 Å². The number of hydrogen-bond acceptors (Lipinski definition) is 4. The molecule has 6 heteroatoms. The van der Waals surface area contributed by atoms with Crippen molar-refractivity contribution >= 4 is 11.8 Å². The predicted octanol–water partition coefficient (Wildman–Crippen LogP) is 2.59. The third-order valence-electron chi connectivity index (χ3n) is 4.64. The molecule has 0 saturated carbocycles. The zero-order valence-electron chi connectivity index (χ0n) is 14.7. The van der Waals surface area contributed by atoms with Gasteiger partial charge in [-0.3, -0.25) is 9.59 Å². The molecule has 0 bridgehead atoms. The summed E-state index contributed by atoms with van der Waals surface area (Å²) in [5.41, 5.74) is 4.97. The topological polar surface area (TPSA) is 81.9 Å². The summed E-state index contributed by atoms with van der Waals surface area (Å²) in [6.45, 7) is 0.559. The number of methoxy groups -OCH3 is 1. The van der Waals surface area contributed by atoms with Crippen molar-refractivity contribution in [1.29, 1.82) is 0 Å². The van der Waals surface area contributed by atoms with Crippen LogP contribution in [0.3, 0.4) is 0 Å². The van der Waals surface area contributed by atoms with Crippen molar-refractivity contribution in [1.82, 2.24) is 4.90 Å². The fourth-order valence-electron chi connectivity index (χ4n) is 3.36. The van der Waals surface area contributed by atoms with E-state index in [9.17, 15) is 9.59 Å². The van der Waals surface area contributed by atoms with Crippen LogP contribution >= 0.6 is 0 Å². The predicted molar refractivity (Wildman–Crippen MR) is 97.0 cm³/mol. The van der Waals surface area contributed by atoms with Gasteiger partial charge in [-0.15, -0.1) is 0 Å². The molecule has 136 valence electrons. The van der Waals surface area contributed by atoms with Crippen molar-refractivity contribution in [2.24, 2.45) is 5.73 Å². The van der Waals surface area contributed by atoms with Crippen molar-refractivity contribution < 1.29 is 19.1 Å². The second-order valence-corrected chi connectivity index (χ2v) is 6.33. The van der Waals surface area contributed by atoms with Crippen LogP contribution in [0.4, 0.5) is 0 Å². The van der Waals surface area contributed by atoms with Gasteiger partial charge in [0.05, 0.1) is 6.61 Å². The Morgan fingerprint density at radius 3 is 2.54 bits per heavy atom. The number of carbonyl (C=O) groups excluding carboxylic acids is 2. The maximum Gasteiger partial charge on any atom is 0.254 e. The average Bonchev–Trinajstić information content (AvgIpc) is 3.07. The Hall–Kier alpha value is -2.86. The summed E-state index contributed by atoms with van der Waals surface area (Å²) in [4.78, 5) is 26.7. The largest absolute Gasteiger partial charge is 0.457 e. The highest BCUT2D eigenvalue weighted by Crippen LogP contribution is 2.32. The van der Waals surface area contributed by atoms with Crippen LogP contribution in [0.15, 0.2) is 54.6 Å². The molecule has 1 fully saturated rings. The minimum absolute atomic E-state index is 0.0915. The van der Waals surface area contributed by atoms with E-state index in [0.29, 0.717) is 36.4 Å². The van der Waals surface area contributed by atoms with E-state index in [2.05, 4.69) is 0 Å². The maximum atomic E-state index is 13.1. The maximum absolute atomic E-state index is 13.1. The molecule has 0 radical (unpaired) electrons. The van der Waals surface area contributed by atoms with E-state index in [1.807, 2.05) is 30.3 Å². The van der Waals surface area contributed by atoms with Crippen LogP contribution in [-0.4, -0.2) is 42.5 Å². The number of nitrogens with two attached hydrogens (primary N) is 1. The van der Waals surface area contributed by atoms with Gasteiger partial charge in [-0.2, -0.15) is 0 Å². The molecule has 1 aliphatic heterocycles. The summed E-state index contributed by atoms with van der Waals surface area (Å²) >= 11 is 0. The van der Waals surface area contributed by atoms with Crippen molar-refractivity contribution in [3.63, 3.8) is 0 Å². The van der Waals surface area contributed by atoms with Gasteiger partial charge < -0.3 is 20.1 Å². The normalized spacial score (nSPS) is 19.3. The fraction of sp³-hybridized carbons (Fsp3) is 0.300. The quantitative estimate of drug-likeness (QED) is 0.864. The number of rotatable bonds is 6. The number of para-hydroxylation sites is 1. The van der Waals surface area contributed by atoms with E-state index in [1.165, 1.54) is 12.0 Å². The number of nitrogens with zero attached hydrogens (tertiary/aromatic N) is 1. The molecule has 2 N–H and O–H groups in total. The summed E-state index contributed by atoms with van der Waals surface area (Å²) in [6, 6.07) is 16.2. The van der Waals surface area contributed by atoms with Crippen LogP contribution in [-0.2, 0) is 9.53 Å². The lowest BCUT2D eigenvalue weighted by Crippen LogP contribution is -2.58. The Kier molecular flexibility index (Phi) is 5.23. The van der Waals surface area contributed by atoms with Gasteiger partial charge in [0.1, 0.15) is 17.0 Å². The first kappa shape index (κ1) is 17.9. The Morgan fingerprint density at radius 1 is 1.12 bits per heavy atom. The van der Waals surface area contributed by atoms with Crippen molar-refractivity contribution in [3.8, 4) is 11.5 Å². The highest BCUT2D eigenvalue weighted by Gasteiger charge is 2.48. The molecule has 26 heavy (non-hydrogen) atoms. The first-order valence-electron chi connectivity index (χ1n) is 8.50. The van der Waals surface area contributed by atoms with E-state index in [1.54, 1.807) is 24.3 Å². The summed E-state index contributed by atoms with van der Waals surface area (Å²) < 4.78 is 11.0.